The molecule has 0 unspecified atom stereocenters. The molecule has 120 valence electrons. The number of amides is 1. The lowest BCUT2D eigenvalue weighted by Gasteiger charge is -2.60. The first-order valence-electron chi connectivity index (χ1n) is 8.10. The Hall–Kier alpha value is -2.69. The van der Waals surface area contributed by atoms with Gasteiger partial charge in [0, 0.05) is 11.3 Å². The Labute approximate surface area is 137 Å². The lowest BCUT2D eigenvalue weighted by molar-refractivity contribution is -0.158. The van der Waals surface area contributed by atoms with Gasteiger partial charge < -0.3 is 9.73 Å². The van der Waals surface area contributed by atoms with Gasteiger partial charge in [0.1, 0.15) is 5.52 Å². The van der Waals surface area contributed by atoms with E-state index < -0.39 is 5.82 Å². The molecule has 6 rings (SSSR count). The van der Waals surface area contributed by atoms with Crippen LogP contribution in [-0.2, 0) is 4.79 Å². The number of halogens is 1. The van der Waals surface area contributed by atoms with Crippen LogP contribution in [0.1, 0.15) is 19.3 Å². The smallest absolute Gasteiger partial charge is 0.230 e. The summed E-state index contributed by atoms with van der Waals surface area (Å²) in [5, 5.41) is 2.99. The Kier molecular flexibility index (Phi) is 2.66. The average Bonchev–Trinajstić information content (AvgIpc) is 2.90. The first-order valence-corrected chi connectivity index (χ1v) is 8.10. The molecule has 3 aliphatic rings. The monoisotopic (exact) mass is 322 g/mol. The normalized spacial score (nSPS) is 24.3. The summed E-state index contributed by atoms with van der Waals surface area (Å²) < 4.78 is 19.2. The van der Waals surface area contributed by atoms with Crippen molar-refractivity contribution < 1.29 is 13.6 Å². The van der Waals surface area contributed by atoms with Crippen LogP contribution in [0.25, 0.3) is 22.6 Å². The van der Waals surface area contributed by atoms with Gasteiger partial charge in [0.25, 0.3) is 0 Å². The summed E-state index contributed by atoms with van der Waals surface area (Å²) in [6.07, 6.45) is 3.10. The van der Waals surface area contributed by atoms with Crippen molar-refractivity contribution in [3.63, 3.8) is 0 Å². The van der Waals surface area contributed by atoms with E-state index in [9.17, 15) is 9.18 Å². The van der Waals surface area contributed by atoms with Crippen LogP contribution in [0.2, 0.25) is 0 Å². The number of anilines is 1. The van der Waals surface area contributed by atoms with Gasteiger partial charge in [-0.15, -0.1) is 0 Å². The van der Waals surface area contributed by atoms with Crippen LogP contribution in [0.5, 0.6) is 0 Å². The van der Waals surface area contributed by atoms with Gasteiger partial charge in [-0.05, 0) is 61.6 Å². The molecule has 1 N–H and O–H groups in total. The highest BCUT2D eigenvalue weighted by Gasteiger charge is 2.61. The Balaban J connectivity index is 1.39. The zero-order valence-corrected chi connectivity index (χ0v) is 12.9. The summed E-state index contributed by atoms with van der Waals surface area (Å²) in [4.78, 5) is 16.6. The van der Waals surface area contributed by atoms with Crippen LogP contribution in [0.4, 0.5) is 10.1 Å². The third-order valence-electron chi connectivity index (χ3n) is 5.28. The molecule has 1 aromatic heterocycles. The van der Waals surface area contributed by atoms with Gasteiger partial charge in [-0.2, -0.15) is 0 Å². The summed E-state index contributed by atoms with van der Waals surface area (Å²) in [5.74, 6) is 0.848. The van der Waals surface area contributed by atoms with E-state index in [1.807, 2.05) is 24.3 Å². The summed E-state index contributed by atoms with van der Waals surface area (Å²) in [6, 6.07) is 12.0. The van der Waals surface area contributed by atoms with Crippen LogP contribution < -0.4 is 5.32 Å². The number of hydrogen-bond acceptors (Lipinski definition) is 3. The van der Waals surface area contributed by atoms with Gasteiger partial charge in [-0.1, -0.05) is 6.07 Å². The molecule has 0 atom stereocenters. The molecular weight excluding hydrogens is 307 g/mol. The third kappa shape index (κ3) is 1.90. The topological polar surface area (TPSA) is 55.1 Å². The molecule has 0 spiro atoms. The lowest BCUT2D eigenvalue weighted by Crippen LogP contribution is -2.58. The van der Waals surface area contributed by atoms with E-state index in [0.29, 0.717) is 11.4 Å². The van der Waals surface area contributed by atoms with E-state index in [1.165, 1.54) is 6.07 Å². The van der Waals surface area contributed by atoms with Gasteiger partial charge >= 0.3 is 0 Å². The van der Waals surface area contributed by atoms with Gasteiger partial charge in [-0.25, -0.2) is 9.37 Å². The molecule has 3 fully saturated rings. The highest BCUT2D eigenvalue weighted by molar-refractivity contribution is 5.97. The fourth-order valence-corrected chi connectivity index (χ4v) is 3.76. The number of oxazole rings is 1. The van der Waals surface area contributed by atoms with Crippen molar-refractivity contribution in [1.29, 1.82) is 0 Å². The molecule has 3 aliphatic carbocycles. The lowest BCUT2D eigenvalue weighted by atomic mass is 9.44. The van der Waals surface area contributed by atoms with E-state index >= 15 is 0 Å². The molecule has 24 heavy (non-hydrogen) atoms. The standard InChI is InChI=1S/C19H15FN2O2/c20-14-2-1-3-15-16(14)24-17(22-15)12-4-6-13(7-5-12)21-18(23)19-8-11(9-19)10-19/h1-7,11H,8-10H2,(H,21,23). The van der Waals surface area contributed by atoms with Gasteiger partial charge in [0.2, 0.25) is 11.8 Å². The number of para-hydroxylation sites is 1. The minimum Gasteiger partial charge on any atom is -0.433 e. The molecular formula is C19H15FN2O2. The van der Waals surface area contributed by atoms with Crippen molar-refractivity contribution in [1.82, 2.24) is 4.98 Å². The Morgan fingerprint density at radius 2 is 1.92 bits per heavy atom. The molecule has 3 saturated carbocycles. The van der Waals surface area contributed by atoms with Crippen LogP contribution in [0.15, 0.2) is 46.9 Å². The maximum absolute atomic E-state index is 13.7. The third-order valence-corrected chi connectivity index (χ3v) is 5.28. The molecule has 0 aliphatic heterocycles. The number of nitrogens with one attached hydrogen (secondary N) is 1. The second-order valence-corrected chi connectivity index (χ2v) is 6.90. The second-order valence-electron chi connectivity index (χ2n) is 6.90. The predicted molar refractivity (Wildman–Crippen MR) is 87.8 cm³/mol. The van der Waals surface area contributed by atoms with Crippen LogP contribution in [0.3, 0.4) is 0 Å². The van der Waals surface area contributed by atoms with Crippen molar-refractivity contribution in [2.24, 2.45) is 11.3 Å². The van der Waals surface area contributed by atoms with Crippen LogP contribution >= 0.6 is 0 Å². The number of benzene rings is 2. The fraction of sp³-hybridized carbons (Fsp3) is 0.263. The number of carbonyl (C=O) groups is 1. The number of nitrogens with zero attached hydrogens (tertiary/aromatic N) is 1. The first-order chi connectivity index (χ1) is 11.6. The molecule has 0 radical (unpaired) electrons. The minimum absolute atomic E-state index is 0.0961. The number of hydrogen-bond donors (Lipinski definition) is 1. The number of fused-ring (bicyclic) bond motifs is 1. The van der Waals surface area contributed by atoms with Crippen molar-refractivity contribution in [2.75, 3.05) is 5.32 Å². The van der Waals surface area contributed by atoms with Crippen molar-refractivity contribution in [3.05, 3.63) is 48.3 Å². The van der Waals surface area contributed by atoms with Gasteiger partial charge in [-0.3, -0.25) is 4.79 Å². The van der Waals surface area contributed by atoms with E-state index in [4.69, 9.17) is 4.42 Å². The minimum atomic E-state index is -0.423. The molecule has 5 heteroatoms. The fourth-order valence-electron chi connectivity index (χ4n) is 3.76. The first kappa shape index (κ1) is 13.7. The molecule has 2 bridgehead atoms. The van der Waals surface area contributed by atoms with Crippen LogP contribution in [-0.4, -0.2) is 10.9 Å². The molecule has 2 aromatic carbocycles. The maximum Gasteiger partial charge on any atom is 0.230 e. The second kappa shape index (κ2) is 4.66. The number of rotatable bonds is 3. The summed E-state index contributed by atoms with van der Waals surface area (Å²) in [7, 11) is 0. The Morgan fingerprint density at radius 3 is 2.54 bits per heavy atom. The van der Waals surface area contributed by atoms with Crippen molar-refractivity contribution >= 4 is 22.7 Å². The van der Waals surface area contributed by atoms with E-state index in [-0.39, 0.29) is 16.9 Å². The zero-order valence-electron chi connectivity index (χ0n) is 12.9. The summed E-state index contributed by atoms with van der Waals surface area (Å²) in [6.45, 7) is 0. The zero-order chi connectivity index (χ0) is 16.3. The van der Waals surface area contributed by atoms with Crippen LogP contribution in [0, 0.1) is 17.2 Å². The molecule has 3 aromatic rings. The average molecular weight is 322 g/mol. The Morgan fingerprint density at radius 1 is 1.17 bits per heavy atom. The van der Waals surface area contributed by atoms with E-state index in [1.54, 1.807) is 12.1 Å². The number of aromatic nitrogens is 1. The summed E-state index contributed by atoms with van der Waals surface area (Å²) in [5.41, 5.74) is 2.06. The highest BCUT2D eigenvalue weighted by Crippen LogP contribution is 2.64. The largest absolute Gasteiger partial charge is 0.433 e. The van der Waals surface area contributed by atoms with Gasteiger partial charge in [0.05, 0.1) is 5.41 Å². The quantitative estimate of drug-likeness (QED) is 0.779. The van der Waals surface area contributed by atoms with Crippen molar-refractivity contribution in [2.45, 2.75) is 19.3 Å². The number of carbonyl (C=O) groups excluding carboxylic acids is 1. The predicted octanol–water partition coefficient (Wildman–Crippen LogP) is 4.37. The molecule has 1 heterocycles. The molecule has 0 saturated heterocycles. The maximum atomic E-state index is 13.7. The van der Waals surface area contributed by atoms with E-state index in [2.05, 4.69) is 10.3 Å². The van der Waals surface area contributed by atoms with E-state index in [0.717, 1.165) is 36.4 Å². The van der Waals surface area contributed by atoms with Gasteiger partial charge in [0.15, 0.2) is 11.4 Å². The highest BCUT2D eigenvalue weighted by atomic mass is 19.1. The summed E-state index contributed by atoms with van der Waals surface area (Å²) >= 11 is 0. The molecule has 1 amide bonds. The Bertz CT molecular complexity index is 944. The molecule has 4 nitrogen and oxygen atoms in total. The van der Waals surface area contributed by atoms with Crippen molar-refractivity contribution in [3.8, 4) is 11.5 Å². The SMILES string of the molecule is O=C(Nc1ccc(-c2nc3cccc(F)c3o2)cc1)C12CC(C1)C2.